The first-order valence-corrected chi connectivity index (χ1v) is 8.18. The van der Waals surface area contributed by atoms with Crippen LogP contribution in [0.4, 0.5) is 4.39 Å². The fraction of sp³-hybridized carbons (Fsp3) is 0.0556. The summed E-state index contributed by atoms with van der Waals surface area (Å²) in [5.41, 5.74) is 3.11. The van der Waals surface area contributed by atoms with Crippen LogP contribution >= 0.6 is 11.3 Å². The van der Waals surface area contributed by atoms with Gasteiger partial charge in [-0.25, -0.2) is 9.07 Å². The number of pyridine rings is 1. The van der Waals surface area contributed by atoms with Gasteiger partial charge in [-0.2, -0.15) is 5.10 Å². The van der Waals surface area contributed by atoms with E-state index in [1.54, 1.807) is 31.6 Å². The average molecular weight is 337 g/mol. The summed E-state index contributed by atoms with van der Waals surface area (Å²) in [4.78, 5) is 16.7. The molecule has 0 amide bonds. The second-order valence-corrected chi connectivity index (χ2v) is 6.25. The zero-order valence-electron chi connectivity index (χ0n) is 12.7. The largest absolute Gasteiger partial charge is 0.275 e. The van der Waals surface area contributed by atoms with Crippen molar-refractivity contribution in [2.75, 3.05) is 0 Å². The third-order valence-electron chi connectivity index (χ3n) is 3.87. The summed E-state index contributed by atoms with van der Waals surface area (Å²) in [5.74, 6) is -0.302. The molecule has 0 saturated heterocycles. The molecule has 4 aromatic rings. The Hall–Kier alpha value is -2.86. The molecule has 3 heterocycles. The van der Waals surface area contributed by atoms with Crippen LogP contribution in [0.15, 0.2) is 59.0 Å². The van der Waals surface area contributed by atoms with Gasteiger partial charge in [0.2, 0.25) is 0 Å². The van der Waals surface area contributed by atoms with Crippen LogP contribution in [-0.4, -0.2) is 14.8 Å². The fourth-order valence-electron chi connectivity index (χ4n) is 2.69. The second kappa shape index (κ2) is 5.65. The van der Waals surface area contributed by atoms with Crippen molar-refractivity contribution in [1.29, 1.82) is 0 Å². The Morgan fingerprint density at radius 1 is 1.04 bits per heavy atom. The Morgan fingerprint density at radius 3 is 2.46 bits per heavy atom. The minimum atomic E-state index is -0.302. The van der Waals surface area contributed by atoms with Gasteiger partial charge in [0.1, 0.15) is 11.5 Å². The van der Waals surface area contributed by atoms with E-state index in [0.29, 0.717) is 11.1 Å². The molecule has 0 N–H and O–H groups in total. The Labute approximate surface area is 140 Å². The quantitative estimate of drug-likeness (QED) is 0.558. The number of halogens is 1. The van der Waals surface area contributed by atoms with E-state index in [-0.39, 0.29) is 11.4 Å². The lowest BCUT2D eigenvalue weighted by atomic mass is 10.1. The monoisotopic (exact) mass is 337 g/mol. The number of thiophene rings is 1. The molecule has 0 bridgehead atoms. The van der Waals surface area contributed by atoms with Crippen LogP contribution in [0.5, 0.6) is 0 Å². The van der Waals surface area contributed by atoms with Crippen LogP contribution in [0.25, 0.3) is 32.5 Å². The molecular formula is C18H12FN3OS. The molecule has 24 heavy (non-hydrogen) atoms. The van der Waals surface area contributed by atoms with Gasteiger partial charge in [0, 0.05) is 35.9 Å². The van der Waals surface area contributed by atoms with E-state index in [1.165, 1.54) is 28.2 Å². The molecular weight excluding hydrogens is 325 g/mol. The number of hydrogen-bond donors (Lipinski definition) is 0. The number of aryl methyl sites for hydroxylation is 1. The molecule has 3 aromatic heterocycles. The molecule has 0 spiro atoms. The molecule has 0 aliphatic rings. The molecule has 0 unspecified atom stereocenters. The number of benzene rings is 1. The predicted octanol–water partition coefficient (Wildman–Crippen LogP) is 3.86. The summed E-state index contributed by atoms with van der Waals surface area (Å²) in [5, 5.41) is 6.97. The van der Waals surface area contributed by atoms with Gasteiger partial charge in [0.15, 0.2) is 0 Å². The number of aromatic nitrogens is 3. The van der Waals surface area contributed by atoms with Crippen molar-refractivity contribution in [1.82, 2.24) is 14.8 Å². The Bertz CT molecular complexity index is 1090. The van der Waals surface area contributed by atoms with Gasteiger partial charge >= 0.3 is 0 Å². The Balaban J connectivity index is 2.04. The summed E-state index contributed by atoms with van der Waals surface area (Å²) in [6.07, 6.45) is 3.40. The van der Waals surface area contributed by atoms with Crippen molar-refractivity contribution in [3.63, 3.8) is 0 Å². The second-order valence-electron chi connectivity index (χ2n) is 5.37. The molecule has 118 valence electrons. The summed E-state index contributed by atoms with van der Waals surface area (Å²) < 4.78 is 15.3. The van der Waals surface area contributed by atoms with Gasteiger partial charge in [-0.3, -0.25) is 9.78 Å². The maximum atomic E-state index is 13.2. The lowest BCUT2D eigenvalue weighted by molar-refractivity contribution is 0.628. The third kappa shape index (κ3) is 2.32. The number of hydrogen-bond acceptors (Lipinski definition) is 4. The third-order valence-corrected chi connectivity index (χ3v) is 4.86. The van der Waals surface area contributed by atoms with E-state index in [1.807, 2.05) is 17.5 Å². The zero-order chi connectivity index (χ0) is 16.7. The summed E-state index contributed by atoms with van der Waals surface area (Å²) in [6.45, 7) is 0. The first-order valence-electron chi connectivity index (χ1n) is 7.30. The predicted molar refractivity (Wildman–Crippen MR) is 93.5 cm³/mol. The standard InChI is InChI=1S/C18H12FN3OS/c1-22-18(23)15-14(11-6-8-20-9-7-11)10-24-17(15)16(21-22)12-2-4-13(19)5-3-12/h2-10H,1H3. The number of nitrogens with zero attached hydrogens (tertiary/aromatic N) is 3. The molecule has 0 radical (unpaired) electrons. The van der Waals surface area contributed by atoms with E-state index in [2.05, 4.69) is 10.1 Å². The van der Waals surface area contributed by atoms with Gasteiger partial charge in [0.25, 0.3) is 5.56 Å². The minimum absolute atomic E-state index is 0.149. The van der Waals surface area contributed by atoms with Gasteiger partial charge in [-0.05, 0) is 42.0 Å². The van der Waals surface area contributed by atoms with E-state index >= 15 is 0 Å². The lowest BCUT2D eigenvalue weighted by Gasteiger charge is -2.06. The van der Waals surface area contributed by atoms with Crippen molar-refractivity contribution in [2.45, 2.75) is 0 Å². The lowest BCUT2D eigenvalue weighted by Crippen LogP contribution is -2.20. The van der Waals surface area contributed by atoms with Crippen LogP contribution in [0.1, 0.15) is 0 Å². The molecule has 4 rings (SSSR count). The molecule has 4 nitrogen and oxygen atoms in total. The molecule has 0 aliphatic heterocycles. The molecule has 0 saturated carbocycles. The first-order chi connectivity index (χ1) is 11.6. The van der Waals surface area contributed by atoms with Gasteiger partial charge < -0.3 is 0 Å². The van der Waals surface area contributed by atoms with Crippen molar-refractivity contribution < 1.29 is 4.39 Å². The average Bonchev–Trinajstić information content (AvgIpc) is 3.05. The SMILES string of the molecule is Cn1nc(-c2ccc(F)cc2)c2scc(-c3ccncc3)c2c1=O. The van der Waals surface area contributed by atoms with Crippen molar-refractivity contribution in [2.24, 2.45) is 7.05 Å². The summed E-state index contributed by atoms with van der Waals surface area (Å²) >= 11 is 1.47. The Kier molecular flexibility index (Phi) is 3.46. The Morgan fingerprint density at radius 2 is 1.75 bits per heavy atom. The summed E-state index contributed by atoms with van der Waals surface area (Å²) in [7, 11) is 1.63. The fourth-order valence-corrected chi connectivity index (χ4v) is 3.76. The van der Waals surface area contributed by atoms with Crippen LogP contribution in [0.3, 0.4) is 0 Å². The minimum Gasteiger partial charge on any atom is -0.267 e. The van der Waals surface area contributed by atoms with Crippen molar-refractivity contribution in [3.8, 4) is 22.4 Å². The van der Waals surface area contributed by atoms with Crippen LogP contribution in [-0.2, 0) is 7.05 Å². The van der Waals surface area contributed by atoms with Crippen LogP contribution < -0.4 is 5.56 Å². The van der Waals surface area contributed by atoms with Crippen LogP contribution in [0, 0.1) is 5.82 Å². The summed E-state index contributed by atoms with van der Waals surface area (Å²) in [6, 6.07) is 9.88. The first kappa shape index (κ1) is 14.7. The van der Waals surface area contributed by atoms with E-state index < -0.39 is 0 Å². The van der Waals surface area contributed by atoms with E-state index in [9.17, 15) is 9.18 Å². The highest BCUT2D eigenvalue weighted by Crippen LogP contribution is 2.36. The van der Waals surface area contributed by atoms with E-state index in [0.717, 1.165) is 21.4 Å². The molecule has 0 aliphatic carbocycles. The normalized spacial score (nSPS) is 11.1. The smallest absolute Gasteiger partial charge is 0.267 e. The maximum absolute atomic E-state index is 13.2. The molecule has 1 aromatic carbocycles. The molecule has 0 fully saturated rings. The highest BCUT2D eigenvalue weighted by molar-refractivity contribution is 7.18. The van der Waals surface area contributed by atoms with Crippen LogP contribution in [0.2, 0.25) is 0 Å². The highest BCUT2D eigenvalue weighted by atomic mass is 32.1. The van der Waals surface area contributed by atoms with Gasteiger partial charge in [-0.1, -0.05) is 0 Å². The number of rotatable bonds is 2. The number of fused-ring (bicyclic) bond motifs is 1. The maximum Gasteiger partial charge on any atom is 0.275 e. The molecule has 0 atom stereocenters. The van der Waals surface area contributed by atoms with Crippen molar-refractivity contribution in [3.05, 3.63) is 70.3 Å². The molecule has 6 heteroatoms. The van der Waals surface area contributed by atoms with Gasteiger partial charge in [0.05, 0.1) is 10.1 Å². The zero-order valence-corrected chi connectivity index (χ0v) is 13.5. The topological polar surface area (TPSA) is 47.8 Å². The highest BCUT2D eigenvalue weighted by Gasteiger charge is 2.17. The van der Waals surface area contributed by atoms with E-state index in [4.69, 9.17) is 0 Å². The van der Waals surface area contributed by atoms with Gasteiger partial charge in [-0.15, -0.1) is 11.3 Å². The van der Waals surface area contributed by atoms with Crippen molar-refractivity contribution >= 4 is 21.4 Å².